The maximum absolute atomic E-state index is 11.9. The summed E-state index contributed by atoms with van der Waals surface area (Å²) in [4.78, 5) is 20.3. The number of carbonyl (C=O) groups is 1. The highest BCUT2D eigenvalue weighted by molar-refractivity contribution is 7.09. The van der Waals surface area contributed by atoms with Crippen LogP contribution >= 0.6 is 11.3 Å². The van der Waals surface area contributed by atoms with Crippen LogP contribution in [0, 0.1) is 6.92 Å². The number of aromatic nitrogens is 2. The van der Waals surface area contributed by atoms with E-state index in [1.165, 1.54) is 11.3 Å². The molecule has 0 unspecified atom stereocenters. The lowest BCUT2D eigenvalue weighted by molar-refractivity contribution is 0.0946. The molecule has 0 fully saturated rings. The largest absolute Gasteiger partial charge is 0.373 e. The molecule has 0 aliphatic carbocycles. The van der Waals surface area contributed by atoms with Crippen LogP contribution in [0.15, 0.2) is 23.6 Å². The fourth-order valence-electron chi connectivity index (χ4n) is 1.43. The fraction of sp³-hybridized carbons (Fsp3) is 0.250. The van der Waals surface area contributed by atoms with Gasteiger partial charge in [-0.15, -0.1) is 11.3 Å². The molecule has 2 heterocycles. The number of amides is 1. The minimum absolute atomic E-state index is 0.194. The number of aryl methyl sites for hydroxylation is 1. The summed E-state index contributed by atoms with van der Waals surface area (Å²) >= 11 is 1.54. The summed E-state index contributed by atoms with van der Waals surface area (Å²) in [5.41, 5.74) is 1.37. The summed E-state index contributed by atoms with van der Waals surface area (Å²) < 4.78 is 0. The first-order valence-corrected chi connectivity index (χ1v) is 6.41. The van der Waals surface area contributed by atoms with E-state index in [1.807, 2.05) is 12.3 Å². The number of pyridine rings is 1. The van der Waals surface area contributed by atoms with Crippen LogP contribution in [0.5, 0.6) is 0 Å². The van der Waals surface area contributed by atoms with Gasteiger partial charge in [0.25, 0.3) is 5.91 Å². The van der Waals surface area contributed by atoms with E-state index in [2.05, 4.69) is 20.6 Å². The molecule has 2 aromatic heterocycles. The van der Waals surface area contributed by atoms with Crippen molar-refractivity contribution >= 4 is 23.1 Å². The van der Waals surface area contributed by atoms with Gasteiger partial charge >= 0.3 is 0 Å². The topological polar surface area (TPSA) is 66.9 Å². The van der Waals surface area contributed by atoms with Crippen molar-refractivity contribution < 1.29 is 4.79 Å². The van der Waals surface area contributed by atoms with E-state index in [9.17, 15) is 4.79 Å². The minimum atomic E-state index is -0.194. The van der Waals surface area contributed by atoms with E-state index in [0.29, 0.717) is 18.1 Å². The molecule has 0 aliphatic rings. The molecule has 0 aromatic carbocycles. The lowest BCUT2D eigenvalue weighted by Gasteiger charge is -2.04. The Balaban J connectivity index is 1.99. The lowest BCUT2D eigenvalue weighted by Crippen LogP contribution is -2.23. The number of nitrogens with one attached hydrogen (secondary N) is 2. The van der Waals surface area contributed by atoms with Gasteiger partial charge in [-0.3, -0.25) is 4.79 Å². The average Bonchev–Trinajstić information content (AvgIpc) is 2.82. The number of anilines is 1. The third kappa shape index (κ3) is 3.04. The average molecular weight is 262 g/mol. The molecule has 18 heavy (non-hydrogen) atoms. The molecule has 2 N–H and O–H groups in total. The van der Waals surface area contributed by atoms with Crippen molar-refractivity contribution in [2.24, 2.45) is 0 Å². The van der Waals surface area contributed by atoms with E-state index < -0.39 is 0 Å². The number of hydrogen-bond donors (Lipinski definition) is 2. The number of carbonyl (C=O) groups excluding carboxylic acids is 1. The SMILES string of the molecule is CNc1cccc(C(=O)NCc2nc(C)cs2)n1. The molecule has 2 rings (SSSR count). The maximum atomic E-state index is 11.9. The number of nitrogens with zero attached hydrogens (tertiary/aromatic N) is 2. The zero-order chi connectivity index (χ0) is 13.0. The van der Waals surface area contributed by atoms with Gasteiger partial charge in [-0.1, -0.05) is 6.07 Å². The third-order valence-corrected chi connectivity index (χ3v) is 3.27. The van der Waals surface area contributed by atoms with Crippen LogP contribution in [0.2, 0.25) is 0 Å². The molecule has 0 bridgehead atoms. The minimum Gasteiger partial charge on any atom is -0.373 e. The Kier molecular flexibility index (Phi) is 3.88. The molecule has 2 aromatic rings. The second-order valence-corrected chi connectivity index (χ2v) is 4.67. The number of rotatable bonds is 4. The summed E-state index contributed by atoms with van der Waals surface area (Å²) in [6.07, 6.45) is 0. The fourth-order valence-corrected chi connectivity index (χ4v) is 2.14. The highest BCUT2D eigenvalue weighted by Gasteiger charge is 2.08. The van der Waals surface area contributed by atoms with Crippen LogP contribution in [-0.4, -0.2) is 22.9 Å². The quantitative estimate of drug-likeness (QED) is 0.882. The Hall–Kier alpha value is -1.95. The van der Waals surface area contributed by atoms with E-state index in [4.69, 9.17) is 0 Å². The monoisotopic (exact) mass is 262 g/mol. The van der Waals surface area contributed by atoms with Crippen molar-refractivity contribution in [1.29, 1.82) is 0 Å². The Morgan fingerprint density at radius 3 is 2.89 bits per heavy atom. The summed E-state index contributed by atoms with van der Waals surface area (Å²) in [7, 11) is 1.77. The standard InChI is InChI=1S/C12H14N4OS/c1-8-7-18-11(15-8)6-14-12(17)9-4-3-5-10(13-2)16-9/h3-5,7H,6H2,1-2H3,(H,13,16)(H,14,17). The Morgan fingerprint density at radius 2 is 2.22 bits per heavy atom. The van der Waals surface area contributed by atoms with Gasteiger partial charge in [0, 0.05) is 18.1 Å². The third-order valence-electron chi connectivity index (χ3n) is 2.30. The van der Waals surface area contributed by atoms with Crippen molar-refractivity contribution in [2.45, 2.75) is 13.5 Å². The zero-order valence-electron chi connectivity index (χ0n) is 10.2. The predicted octanol–water partition coefficient (Wildman–Crippen LogP) is 1.82. The molecular formula is C12H14N4OS. The van der Waals surface area contributed by atoms with Gasteiger partial charge in [0.1, 0.15) is 16.5 Å². The van der Waals surface area contributed by atoms with Gasteiger partial charge in [-0.2, -0.15) is 0 Å². The molecule has 5 nitrogen and oxygen atoms in total. The van der Waals surface area contributed by atoms with E-state index in [1.54, 1.807) is 25.2 Å². The van der Waals surface area contributed by atoms with Gasteiger partial charge in [-0.25, -0.2) is 9.97 Å². The lowest BCUT2D eigenvalue weighted by atomic mass is 10.3. The summed E-state index contributed by atoms with van der Waals surface area (Å²) in [5.74, 6) is 0.479. The van der Waals surface area contributed by atoms with Crippen LogP contribution in [-0.2, 0) is 6.54 Å². The van der Waals surface area contributed by atoms with Gasteiger partial charge in [0.2, 0.25) is 0 Å². The van der Waals surface area contributed by atoms with Gasteiger partial charge < -0.3 is 10.6 Å². The molecule has 0 saturated carbocycles. The van der Waals surface area contributed by atoms with Crippen molar-refractivity contribution in [3.05, 3.63) is 40.0 Å². The van der Waals surface area contributed by atoms with E-state index in [0.717, 1.165) is 10.7 Å². The summed E-state index contributed by atoms with van der Waals surface area (Å²) in [6, 6.07) is 5.28. The van der Waals surface area contributed by atoms with Gasteiger partial charge in [0.15, 0.2) is 0 Å². The second kappa shape index (κ2) is 5.59. The normalized spacial score (nSPS) is 10.1. The summed E-state index contributed by atoms with van der Waals surface area (Å²) in [5, 5.41) is 8.55. The Labute approximate surface area is 109 Å². The highest BCUT2D eigenvalue weighted by Crippen LogP contribution is 2.08. The van der Waals surface area contributed by atoms with Gasteiger partial charge in [0.05, 0.1) is 6.54 Å². The second-order valence-electron chi connectivity index (χ2n) is 3.72. The van der Waals surface area contributed by atoms with Gasteiger partial charge in [-0.05, 0) is 19.1 Å². The predicted molar refractivity (Wildman–Crippen MR) is 71.8 cm³/mol. The van der Waals surface area contributed by atoms with E-state index >= 15 is 0 Å². The van der Waals surface area contributed by atoms with Crippen LogP contribution in [0.1, 0.15) is 21.2 Å². The van der Waals surface area contributed by atoms with Crippen molar-refractivity contribution in [3.63, 3.8) is 0 Å². The van der Waals surface area contributed by atoms with Crippen LogP contribution < -0.4 is 10.6 Å². The number of thiazole rings is 1. The van der Waals surface area contributed by atoms with Crippen LogP contribution in [0.25, 0.3) is 0 Å². The molecule has 6 heteroatoms. The van der Waals surface area contributed by atoms with Crippen LogP contribution in [0.3, 0.4) is 0 Å². The number of hydrogen-bond acceptors (Lipinski definition) is 5. The van der Waals surface area contributed by atoms with Crippen molar-refractivity contribution in [3.8, 4) is 0 Å². The maximum Gasteiger partial charge on any atom is 0.270 e. The molecule has 0 atom stereocenters. The molecule has 1 amide bonds. The Bertz CT molecular complexity index is 553. The molecule has 0 radical (unpaired) electrons. The molecule has 94 valence electrons. The summed E-state index contributed by atoms with van der Waals surface area (Å²) in [6.45, 7) is 2.36. The highest BCUT2D eigenvalue weighted by atomic mass is 32.1. The Morgan fingerprint density at radius 1 is 1.39 bits per heavy atom. The zero-order valence-corrected chi connectivity index (χ0v) is 11.0. The first-order valence-electron chi connectivity index (χ1n) is 5.53. The first kappa shape index (κ1) is 12.5. The molecule has 0 spiro atoms. The molecule has 0 saturated heterocycles. The van der Waals surface area contributed by atoms with Crippen molar-refractivity contribution in [1.82, 2.24) is 15.3 Å². The van der Waals surface area contributed by atoms with Crippen LogP contribution in [0.4, 0.5) is 5.82 Å². The van der Waals surface area contributed by atoms with Crippen molar-refractivity contribution in [2.75, 3.05) is 12.4 Å². The first-order chi connectivity index (χ1) is 8.69. The van der Waals surface area contributed by atoms with E-state index in [-0.39, 0.29) is 5.91 Å². The molecule has 0 aliphatic heterocycles. The molecular weight excluding hydrogens is 248 g/mol. The smallest absolute Gasteiger partial charge is 0.270 e.